The van der Waals surface area contributed by atoms with Gasteiger partial charge in [0.25, 0.3) is 0 Å². The van der Waals surface area contributed by atoms with Gasteiger partial charge in [0.15, 0.2) is 0 Å². The standard InChI is InChI=1S/C16H22ClNO3/c1-11-10-21-14(9-19)8-18(11)15(20)16(2,3)12-4-6-13(17)7-5-12/h4-7,11,14,19H,8-10H2,1-3H3. The minimum absolute atomic E-state index is 0.00637. The van der Waals surface area contributed by atoms with Crippen LogP contribution in [0, 0.1) is 0 Å². The largest absolute Gasteiger partial charge is 0.394 e. The van der Waals surface area contributed by atoms with E-state index >= 15 is 0 Å². The molecule has 1 N–H and O–H groups in total. The maximum atomic E-state index is 12.9. The lowest BCUT2D eigenvalue weighted by Gasteiger charge is -2.41. The third kappa shape index (κ3) is 3.39. The fourth-order valence-electron chi connectivity index (χ4n) is 2.56. The topological polar surface area (TPSA) is 49.8 Å². The average Bonchev–Trinajstić information content (AvgIpc) is 2.47. The Morgan fingerprint density at radius 2 is 2.05 bits per heavy atom. The Morgan fingerprint density at radius 1 is 1.43 bits per heavy atom. The summed E-state index contributed by atoms with van der Waals surface area (Å²) in [5.74, 6) is 0.0408. The van der Waals surface area contributed by atoms with Crippen molar-refractivity contribution in [1.82, 2.24) is 4.90 Å². The third-order valence-electron chi connectivity index (χ3n) is 4.07. The van der Waals surface area contributed by atoms with Crippen LogP contribution >= 0.6 is 11.6 Å². The summed E-state index contributed by atoms with van der Waals surface area (Å²) in [5, 5.41) is 9.90. The number of ether oxygens (including phenoxy) is 1. The molecule has 0 aliphatic carbocycles. The smallest absolute Gasteiger partial charge is 0.233 e. The summed E-state index contributed by atoms with van der Waals surface area (Å²) in [6.07, 6.45) is -0.300. The van der Waals surface area contributed by atoms with Gasteiger partial charge in [0, 0.05) is 11.6 Å². The molecule has 1 aromatic rings. The zero-order valence-electron chi connectivity index (χ0n) is 12.7. The molecule has 1 aliphatic heterocycles. The highest BCUT2D eigenvalue weighted by Gasteiger charge is 2.38. The zero-order valence-corrected chi connectivity index (χ0v) is 13.4. The maximum Gasteiger partial charge on any atom is 0.233 e. The van der Waals surface area contributed by atoms with Crippen LogP contribution in [-0.2, 0) is 14.9 Å². The van der Waals surface area contributed by atoms with Gasteiger partial charge in [-0.25, -0.2) is 0 Å². The van der Waals surface area contributed by atoms with Crippen molar-refractivity contribution in [2.24, 2.45) is 0 Å². The molecule has 1 amide bonds. The Hall–Kier alpha value is -1.10. The molecule has 116 valence electrons. The van der Waals surface area contributed by atoms with Crippen molar-refractivity contribution in [3.63, 3.8) is 0 Å². The van der Waals surface area contributed by atoms with Crippen molar-refractivity contribution in [1.29, 1.82) is 0 Å². The van der Waals surface area contributed by atoms with E-state index in [0.29, 0.717) is 18.2 Å². The molecule has 2 rings (SSSR count). The molecule has 1 aliphatic rings. The van der Waals surface area contributed by atoms with Crippen molar-refractivity contribution in [2.75, 3.05) is 19.8 Å². The van der Waals surface area contributed by atoms with Gasteiger partial charge in [-0.2, -0.15) is 0 Å². The van der Waals surface area contributed by atoms with Gasteiger partial charge in [-0.3, -0.25) is 4.79 Å². The number of aliphatic hydroxyl groups excluding tert-OH is 1. The molecule has 0 radical (unpaired) electrons. The number of carbonyl (C=O) groups is 1. The molecule has 5 heteroatoms. The highest BCUT2D eigenvalue weighted by molar-refractivity contribution is 6.30. The van der Waals surface area contributed by atoms with Gasteiger partial charge in [0.1, 0.15) is 0 Å². The molecule has 1 aromatic carbocycles. The Morgan fingerprint density at radius 3 is 2.62 bits per heavy atom. The molecule has 1 heterocycles. The number of amides is 1. The van der Waals surface area contributed by atoms with Gasteiger partial charge >= 0.3 is 0 Å². The number of halogens is 1. The summed E-state index contributed by atoms with van der Waals surface area (Å²) in [7, 11) is 0. The van der Waals surface area contributed by atoms with Gasteiger partial charge in [-0.05, 0) is 38.5 Å². The fourth-order valence-corrected chi connectivity index (χ4v) is 2.69. The van der Waals surface area contributed by atoms with E-state index in [1.54, 1.807) is 17.0 Å². The van der Waals surface area contributed by atoms with Crippen LogP contribution in [-0.4, -0.2) is 47.8 Å². The van der Waals surface area contributed by atoms with Crippen LogP contribution in [0.5, 0.6) is 0 Å². The van der Waals surface area contributed by atoms with Gasteiger partial charge in [-0.15, -0.1) is 0 Å². The number of hydrogen-bond donors (Lipinski definition) is 1. The number of morpholine rings is 1. The van der Waals surface area contributed by atoms with Crippen LogP contribution < -0.4 is 0 Å². The van der Waals surface area contributed by atoms with E-state index in [-0.39, 0.29) is 24.7 Å². The minimum atomic E-state index is -0.643. The number of benzene rings is 1. The first-order valence-corrected chi connectivity index (χ1v) is 7.53. The van der Waals surface area contributed by atoms with Gasteiger partial charge in [-0.1, -0.05) is 23.7 Å². The highest BCUT2D eigenvalue weighted by atomic mass is 35.5. The highest BCUT2D eigenvalue weighted by Crippen LogP contribution is 2.29. The number of aliphatic hydroxyl groups is 1. The van der Waals surface area contributed by atoms with E-state index in [9.17, 15) is 9.90 Å². The summed E-state index contributed by atoms with van der Waals surface area (Å²) in [4.78, 5) is 14.7. The lowest BCUT2D eigenvalue weighted by atomic mass is 9.82. The van der Waals surface area contributed by atoms with E-state index in [2.05, 4.69) is 0 Å². The van der Waals surface area contributed by atoms with E-state index in [0.717, 1.165) is 5.56 Å². The first-order chi connectivity index (χ1) is 9.86. The number of carbonyl (C=O) groups excluding carboxylic acids is 1. The molecule has 2 unspecified atom stereocenters. The fraction of sp³-hybridized carbons (Fsp3) is 0.562. The average molecular weight is 312 g/mol. The zero-order chi connectivity index (χ0) is 15.6. The van der Waals surface area contributed by atoms with Crippen molar-refractivity contribution >= 4 is 17.5 Å². The van der Waals surface area contributed by atoms with E-state index in [1.165, 1.54) is 0 Å². The van der Waals surface area contributed by atoms with Crippen molar-refractivity contribution in [2.45, 2.75) is 38.3 Å². The van der Waals surface area contributed by atoms with Crippen LogP contribution in [0.2, 0.25) is 5.02 Å². The molecule has 0 bridgehead atoms. The summed E-state index contributed by atoms with van der Waals surface area (Å²) in [6, 6.07) is 7.37. The molecule has 4 nitrogen and oxygen atoms in total. The van der Waals surface area contributed by atoms with Crippen LogP contribution in [0.1, 0.15) is 26.3 Å². The van der Waals surface area contributed by atoms with Crippen molar-refractivity contribution in [3.8, 4) is 0 Å². The van der Waals surface area contributed by atoms with Gasteiger partial charge in [0.2, 0.25) is 5.91 Å². The molecule has 2 atom stereocenters. The SMILES string of the molecule is CC1COC(CO)CN1C(=O)C(C)(C)c1ccc(Cl)cc1. The van der Waals surface area contributed by atoms with Gasteiger partial charge < -0.3 is 14.7 Å². The van der Waals surface area contributed by atoms with Crippen LogP contribution in [0.4, 0.5) is 0 Å². The molecule has 0 spiro atoms. The van der Waals surface area contributed by atoms with E-state index < -0.39 is 5.41 Å². The molecule has 1 saturated heterocycles. The molecule has 1 fully saturated rings. The Kier molecular flexibility index (Phi) is 4.91. The van der Waals surface area contributed by atoms with Gasteiger partial charge in [0.05, 0.1) is 30.8 Å². The molecule has 0 aromatic heterocycles. The third-order valence-corrected chi connectivity index (χ3v) is 4.32. The molecular formula is C16H22ClNO3. The van der Waals surface area contributed by atoms with Crippen LogP contribution in [0.3, 0.4) is 0 Å². The van der Waals surface area contributed by atoms with E-state index in [4.69, 9.17) is 16.3 Å². The number of nitrogens with zero attached hydrogens (tertiary/aromatic N) is 1. The second-order valence-corrected chi connectivity index (χ2v) is 6.51. The van der Waals surface area contributed by atoms with E-state index in [1.807, 2.05) is 32.9 Å². The first kappa shape index (κ1) is 16.3. The quantitative estimate of drug-likeness (QED) is 0.931. The monoisotopic (exact) mass is 311 g/mol. The van der Waals surface area contributed by atoms with Crippen LogP contribution in [0.25, 0.3) is 0 Å². The summed E-state index contributed by atoms with van der Waals surface area (Å²) < 4.78 is 5.49. The minimum Gasteiger partial charge on any atom is -0.394 e. The van der Waals surface area contributed by atoms with Crippen molar-refractivity contribution < 1.29 is 14.6 Å². The van der Waals surface area contributed by atoms with Crippen LogP contribution in [0.15, 0.2) is 24.3 Å². The summed E-state index contributed by atoms with van der Waals surface area (Å²) in [5.41, 5.74) is 0.284. The second-order valence-electron chi connectivity index (χ2n) is 6.08. The Bertz CT molecular complexity index is 501. The Labute approximate surface area is 130 Å². The Balaban J connectivity index is 2.22. The lowest BCUT2D eigenvalue weighted by molar-refractivity contribution is -0.151. The second kappa shape index (κ2) is 6.34. The van der Waals surface area contributed by atoms with Crippen molar-refractivity contribution in [3.05, 3.63) is 34.9 Å². The predicted octanol–water partition coefficient (Wildman–Crippen LogP) is 2.23. The molecule has 21 heavy (non-hydrogen) atoms. The molecule has 0 saturated carbocycles. The lowest BCUT2D eigenvalue weighted by Crippen LogP contribution is -2.56. The number of rotatable bonds is 3. The summed E-state index contributed by atoms with van der Waals surface area (Å²) in [6.45, 7) is 6.59. The molecular weight excluding hydrogens is 290 g/mol. The maximum absolute atomic E-state index is 12.9. The summed E-state index contributed by atoms with van der Waals surface area (Å²) >= 11 is 5.91. The normalized spacial score (nSPS) is 23.2. The first-order valence-electron chi connectivity index (χ1n) is 7.16. The number of hydrogen-bond acceptors (Lipinski definition) is 3. The predicted molar refractivity (Wildman–Crippen MR) is 82.5 cm³/mol.